The number of morpholine rings is 1. The van der Waals surface area contributed by atoms with Crippen LogP contribution in [-0.2, 0) is 34.1 Å². The molecule has 174 valence electrons. The standard InChI is InChI=1S/C25H30N4O3S/c30-33(31,25-17-26-18-27-25)28-16-20-6-7-21-8-9-24(29-10-12-32-13-11-29)23(22(21)15-20)14-19-4-2-1-3-5-19/h1-7,15,17-18,23-24,28H,8-14,16H2,(H,26,27). The van der Waals surface area contributed by atoms with Crippen molar-refractivity contribution in [3.8, 4) is 0 Å². The maximum Gasteiger partial charge on any atom is 0.257 e. The average molecular weight is 467 g/mol. The topological polar surface area (TPSA) is 87.3 Å². The molecule has 1 aliphatic heterocycles. The molecule has 0 amide bonds. The van der Waals surface area contributed by atoms with Gasteiger partial charge in [0.05, 0.1) is 25.7 Å². The van der Waals surface area contributed by atoms with Crippen molar-refractivity contribution in [3.05, 3.63) is 83.3 Å². The fraction of sp³-hybridized carbons (Fsp3) is 0.400. The Morgan fingerprint density at radius 3 is 2.67 bits per heavy atom. The van der Waals surface area contributed by atoms with E-state index in [2.05, 4.69) is 62.1 Å². The second-order valence-corrected chi connectivity index (χ2v) is 10.6. The summed E-state index contributed by atoms with van der Waals surface area (Å²) in [5.41, 5.74) is 5.02. The Balaban J connectivity index is 1.42. The molecule has 2 aliphatic rings. The molecule has 33 heavy (non-hydrogen) atoms. The van der Waals surface area contributed by atoms with Gasteiger partial charge in [0.1, 0.15) is 0 Å². The molecule has 0 radical (unpaired) electrons. The molecule has 2 aromatic carbocycles. The van der Waals surface area contributed by atoms with E-state index in [1.807, 2.05) is 6.07 Å². The van der Waals surface area contributed by atoms with Crippen LogP contribution in [0.4, 0.5) is 0 Å². The van der Waals surface area contributed by atoms with Crippen LogP contribution in [0.5, 0.6) is 0 Å². The highest BCUT2D eigenvalue weighted by Crippen LogP contribution is 2.38. The van der Waals surface area contributed by atoms with Crippen molar-refractivity contribution >= 4 is 10.0 Å². The molecule has 1 aliphatic carbocycles. The highest BCUT2D eigenvalue weighted by atomic mass is 32.2. The molecular weight excluding hydrogens is 436 g/mol. The molecule has 1 saturated heterocycles. The van der Waals surface area contributed by atoms with Crippen LogP contribution in [0, 0.1) is 0 Å². The molecular formula is C25H30N4O3S. The number of sulfonamides is 1. The first kappa shape index (κ1) is 22.3. The lowest BCUT2D eigenvalue weighted by Gasteiger charge is -2.43. The number of ether oxygens (including phenoxy) is 1. The van der Waals surface area contributed by atoms with Crippen molar-refractivity contribution in [1.82, 2.24) is 19.6 Å². The smallest absolute Gasteiger partial charge is 0.257 e. The van der Waals surface area contributed by atoms with E-state index in [4.69, 9.17) is 4.74 Å². The molecule has 0 saturated carbocycles. The van der Waals surface area contributed by atoms with Gasteiger partial charge in [-0.25, -0.2) is 18.1 Å². The number of aromatic amines is 1. The lowest BCUT2D eigenvalue weighted by Crippen LogP contribution is -2.48. The molecule has 1 fully saturated rings. The summed E-state index contributed by atoms with van der Waals surface area (Å²) in [5, 5.41) is 0.0785. The first-order valence-corrected chi connectivity index (χ1v) is 13.0. The van der Waals surface area contributed by atoms with Gasteiger partial charge in [-0.05, 0) is 41.5 Å². The second-order valence-electron chi connectivity index (χ2n) is 8.82. The van der Waals surface area contributed by atoms with E-state index in [-0.39, 0.29) is 11.6 Å². The maximum absolute atomic E-state index is 12.5. The largest absolute Gasteiger partial charge is 0.379 e. The zero-order chi connectivity index (χ0) is 22.7. The minimum atomic E-state index is -3.62. The molecule has 0 spiro atoms. The molecule has 5 rings (SSSR count). The molecule has 1 aromatic heterocycles. The highest BCUT2D eigenvalue weighted by Gasteiger charge is 2.34. The summed E-state index contributed by atoms with van der Waals surface area (Å²) in [6.07, 6.45) is 5.84. The van der Waals surface area contributed by atoms with E-state index < -0.39 is 10.0 Å². The van der Waals surface area contributed by atoms with E-state index in [1.54, 1.807) is 0 Å². The van der Waals surface area contributed by atoms with Crippen molar-refractivity contribution in [1.29, 1.82) is 0 Å². The van der Waals surface area contributed by atoms with Crippen LogP contribution in [-0.4, -0.2) is 55.6 Å². The van der Waals surface area contributed by atoms with Crippen LogP contribution in [0.25, 0.3) is 0 Å². The zero-order valence-corrected chi connectivity index (χ0v) is 19.4. The summed E-state index contributed by atoms with van der Waals surface area (Å²) in [4.78, 5) is 9.07. The number of hydrogen-bond acceptors (Lipinski definition) is 5. The number of nitrogens with one attached hydrogen (secondary N) is 2. The van der Waals surface area contributed by atoms with Crippen LogP contribution >= 0.6 is 0 Å². The molecule has 2 unspecified atom stereocenters. The monoisotopic (exact) mass is 466 g/mol. The van der Waals surface area contributed by atoms with Gasteiger partial charge in [0.15, 0.2) is 5.03 Å². The summed E-state index contributed by atoms with van der Waals surface area (Å²) < 4.78 is 33.3. The van der Waals surface area contributed by atoms with E-state index in [0.717, 1.165) is 51.1 Å². The van der Waals surface area contributed by atoms with Crippen LogP contribution in [0.3, 0.4) is 0 Å². The Bertz CT molecular complexity index is 1160. The summed E-state index contributed by atoms with van der Waals surface area (Å²) in [6, 6.07) is 17.6. The highest BCUT2D eigenvalue weighted by molar-refractivity contribution is 7.89. The molecule has 3 aromatic rings. The third-order valence-electron chi connectivity index (χ3n) is 6.83. The van der Waals surface area contributed by atoms with Gasteiger partial charge in [-0.1, -0.05) is 48.5 Å². The van der Waals surface area contributed by atoms with E-state index in [9.17, 15) is 8.42 Å². The van der Waals surface area contributed by atoms with Gasteiger partial charge in [-0.3, -0.25) is 4.90 Å². The fourth-order valence-electron chi connectivity index (χ4n) is 5.15. The van der Waals surface area contributed by atoms with Crippen molar-refractivity contribution in [2.45, 2.75) is 42.8 Å². The second kappa shape index (κ2) is 9.77. The molecule has 2 N–H and O–H groups in total. The minimum Gasteiger partial charge on any atom is -0.379 e. The van der Waals surface area contributed by atoms with Gasteiger partial charge in [0.25, 0.3) is 10.0 Å². The van der Waals surface area contributed by atoms with Crippen LogP contribution in [0.15, 0.2) is 66.1 Å². The molecule has 8 heteroatoms. The number of benzene rings is 2. The number of hydrogen-bond donors (Lipinski definition) is 2. The normalized spacial score (nSPS) is 21.6. The van der Waals surface area contributed by atoms with Gasteiger partial charge in [-0.15, -0.1) is 0 Å². The number of fused-ring (bicyclic) bond motifs is 1. The first-order chi connectivity index (χ1) is 16.1. The van der Waals surface area contributed by atoms with Gasteiger partial charge in [0, 0.05) is 31.6 Å². The number of H-pyrrole nitrogens is 1. The van der Waals surface area contributed by atoms with Crippen molar-refractivity contribution in [2.24, 2.45) is 0 Å². The summed E-state index contributed by atoms with van der Waals surface area (Å²) >= 11 is 0. The van der Waals surface area contributed by atoms with Crippen molar-refractivity contribution in [3.63, 3.8) is 0 Å². The Hall–Kier alpha value is -2.52. The number of aryl methyl sites for hydroxylation is 1. The maximum atomic E-state index is 12.5. The molecule has 2 heterocycles. The third kappa shape index (κ3) is 5.04. The summed E-state index contributed by atoms with van der Waals surface area (Å²) in [6.45, 7) is 3.76. The molecule has 2 atom stereocenters. The first-order valence-electron chi connectivity index (χ1n) is 11.6. The van der Waals surface area contributed by atoms with Crippen LogP contribution < -0.4 is 4.72 Å². The Labute approximate surface area is 195 Å². The number of nitrogens with zero attached hydrogens (tertiary/aromatic N) is 2. The Morgan fingerprint density at radius 2 is 1.91 bits per heavy atom. The summed E-state index contributed by atoms with van der Waals surface area (Å²) in [7, 11) is -3.62. The van der Waals surface area contributed by atoms with E-state index >= 15 is 0 Å². The SMILES string of the molecule is O=S(=O)(NCc1ccc2c(c1)C(Cc1ccccc1)C(N1CCOCC1)CC2)c1cnc[nH]1. The fourth-order valence-corrected chi connectivity index (χ4v) is 6.07. The Morgan fingerprint density at radius 1 is 1.09 bits per heavy atom. The lowest BCUT2D eigenvalue weighted by atomic mass is 9.75. The van der Waals surface area contributed by atoms with Crippen LogP contribution in [0.1, 0.15) is 34.6 Å². The van der Waals surface area contributed by atoms with Gasteiger partial charge in [0.2, 0.25) is 0 Å². The Kier molecular flexibility index (Phi) is 6.59. The van der Waals surface area contributed by atoms with E-state index in [1.165, 1.54) is 29.2 Å². The zero-order valence-electron chi connectivity index (χ0n) is 18.6. The van der Waals surface area contributed by atoms with Crippen molar-refractivity contribution < 1.29 is 13.2 Å². The third-order valence-corrected chi connectivity index (χ3v) is 8.15. The van der Waals surface area contributed by atoms with Crippen molar-refractivity contribution in [2.75, 3.05) is 26.3 Å². The summed E-state index contributed by atoms with van der Waals surface area (Å²) in [5.74, 6) is 0.360. The molecule has 7 nitrogen and oxygen atoms in total. The quantitative estimate of drug-likeness (QED) is 0.559. The number of rotatable bonds is 7. The lowest BCUT2D eigenvalue weighted by molar-refractivity contribution is 0.00683. The van der Waals surface area contributed by atoms with Gasteiger partial charge in [-0.2, -0.15) is 0 Å². The number of aromatic nitrogens is 2. The predicted molar refractivity (Wildman–Crippen MR) is 126 cm³/mol. The van der Waals surface area contributed by atoms with Gasteiger partial charge >= 0.3 is 0 Å². The van der Waals surface area contributed by atoms with Gasteiger partial charge < -0.3 is 9.72 Å². The average Bonchev–Trinajstić information content (AvgIpc) is 3.41. The van der Waals surface area contributed by atoms with Crippen LogP contribution in [0.2, 0.25) is 0 Å². The van der Waals surface area contributed by atoms with E-state index in [0.29, 0.717) is 12.0 Å². The number of imidazole rings is 1. The molecule has 0 bridgehead atoms. The predicted octanol–water partition coefficient (Wildman–Crippen LogP) is 2.86. The minimum absolute atomic E-state index is 0.0785.